The van der Waals surface area contributed by atoms with Crippen LogP contribution in [0.1, 0.15) is 11.3 Å². The predicted octanol–water partition coefficient (Wildman–Crippen LogP) is 2.83. The first-order chi connectivity index (χ1) is 9.16. The molecule has 0 fully saturated rings. The van der Waals surface area contributed by atoms with E-state index in [-0.39, 0.29) is 16.3 Å². The third-order valence-electron chi connectivity index (χ3n) is 2.22. The molecule has 0 aromatic carbocycles. The summed E-state index contributed by atoms with van der Waals surface area (Å²) in [5.74, 6) is -0.743. The van der Waals surface area contributed by atoms with Crippen molar-refractivity contribution in [2.45, 2.75) is 6.18 Å². The SMILES string of the molecule is COC(=O)/C(=C\N(C)C)c1ncc(C(F)(F)F)cc1Cl. The number of aromatic nitrogens is 1. The Hall–Kier alpha value is -1.76. The highest BCUT2D eigenvalue weighted by atomic mass is 35.5. The van der Waals surface area contributed by atoms with Crippen molar-refractivity contribution in [2.24, 2.45) is 0 Å². The summed E-state index contributed by atoms with van der Waals surface area (Å²) in [6.45, 7) is 0. The molecule has 4 nitrogen and oxygen atoms in total. The van der Waals surface area contributed by atoms with Crippen LogP contribution in [-0.4, -0.2) is 37.1 Å². The second-order valence-corrected chi connectivity index (χ2v) is 4.46. The molecule has 0 bridgehead atoms. The maximum Gasteiger partial charge on any atom is 0.417 e. The minimum Gasteiger partial charge on any atom is -0.465 e. The van der Waals surface area contributed by atoms with E-state index in [0.29, 0.717) is 6.20 Å². The number of nitrogens with zero attached hydrogens (tertiary/aromatic N) is 2. The zero-order valence-corrected chi connectivity index (χ0v) is 11.7. The average Bonchev–Trinajstić information content (AvgIpc) is 2.34. The van der Waals surface area contributed by atoms with Crippen molar-refractivity contribution < 1.29 is 22.7 Å². The van der Waals surface area contributed by atoms with E-state index in [9.17, 15) is 18.0 Å². The van der Waals surface area contributed by atoms with Crippen molar-refractivity contribution in [1.82, 2.24) is 9.88 Å². The lowest BCUT2D eigenvalue weighted by molar-refractivity contribution is -0.137. The monoisotopic (exact) mass is 308 g/mol. The van der Waals surface area contributed by atoms with Crippen LogP contribution >= 0.6 is 11.6 Å². The minimum atomic E-state index is -4.55. The van der Waals surface area contributed by atoms with Crippen LogP contribution in [0.2, 0.25) is 5.02 Å². The van der Waals surface area contributed by atoms with Gasteiger partial charge in [0.2, 0.25) is 0 Å². The molecule has 0 saturated heterocycles. The highest BCUT2D eigenvalue weighted by molar-refractivity contribution is 6.34. The zero-order valence-electron chi connectivity index (χ0n) is 11.0. The summed E-state index contributed by atoms with van der Waals surface area (Å²) in [5.41, 5.74) is -1.09. The Labute approximate surface area is 118 Å². The summed E-state index contributed by atoms with van der Waals surface area (Å²) in [6, 6.07) is 0.719. The molecule has 1 rings (SSSR count). The van der Waals surface area contributed by atoms with Gasteiger partial charge >= 0.3 is 12.1 Å². The summed E-state index contributed by atoms with van der Waals surface area (Å²) < 4.78 is 42.1. The van der Waals surface area contributed by atoms with Gasteiger partial charge in [-0.2, -0.15) is 13.2 Å². The van der Waals surface area contributed by atoms with E-state index in [4.69, 9.17) is 11.6 Å². The topological polar surface area (TPSA) is 42.4 Å². The molecule has 0 aliphatic heterocycles. The second kappa shape index (κ2) is 6.13. The fraction of sp³-hybridized carbons (Fsp3) is 0.333. The molecular weight excluding hydrogens is 297 g/mol. The van der Waals surface area contributed by atoms with Crippen LogP contribution < -0.4 is 0 Å². The first-order valence-electron chi connectivity index (χ1n) is 5.36. The average molecular weight is 309 g/mol. The van der Waals surface area contributed by atoms with Crippen LogP contribution in [0.4, 0.5) is 13.2 Å². The van der Waals surface area contributed by atoms with Crippen molar-refractivity contribution in [1.29, 1.82) is 0 Å². The van der Waals surface area contributed by atoms with Crippen molar-refractivity contribution in [3.63, 3.8) is 0 Å². The molecule has 0 atom stereocenters. The summed E-state index contributed by atoms with van der Waals surface area (Å²) in [4.78, 5) is 16.8. The van der Waals surface area contributed by atoms with Gasteiger partial charge in [0.1, 0.15) is 5.57 Å². The molecule has 1 aromatic heterocycles. The Morgan fingerprint density at radius 2 is 2.05 bits per heavy atom. The number of hydrogen-bond acceptors (Lipinski definition) is 4. The summed E-state index contributed by atoms with van der Waals surface area (Å²) in [5, 5.41) is -0.279. The number of pyridine rings is 1. The maximum atomic E-state index is 12.5. The van der Waals surface area contributed by atoms with Crippen LogP contribution in [0.5, 0.6) is 0 Å². The first-order valence-corrected chi connectivity index (χ1v) is 5.74. The van der Waals surface area contributed by atoms with E-state index >= 15 is 0 Å². The number of rotatable bonds is 3. The van der Waals surface area contributed by atoms with Crippen molar-refractivity contribution >= 4 is 23.1 Å². The molecule has 8 heteroatoms. The van der Waals surface area contributed by atoms with Crippen LogP contribution in [0.15, 0.2) is 18.5 Å². The highest BCUT2D eigenvalue weighted by Crippen LogP contribution is 2.32. The number of carbonyl (C=O) groups excluding carboxylic acids is 1. The smallest absolute Gasteiger partial charge is 0.417 e. The molecule has 1 heterocycles. The fourth-order valence-corrected chi connectivity index (χ4v) is 1.64. The van der Waals surface area contributed by atoms with E-state index in [1.165, 1.54) is 11.1 Å². The number of halogens is 4. The molecule has 1 aromatic rings. The molecule has 0 spiro atoms. The Morgan fingerprint density at radius 3 is 2.45 bits per heavy atom. The largest absolute Gasteiger partial charge is 0.465 e. The molecule has 0 unspecified atom stereocenters. The van der Waals surface area contributed by atoms with Crippen LogP contribution in [-0.2, 0) is 15.7 Å². The van der Waals surface area contributed by atoms with E-state index in [1.807, 2.05) is 0 Å². The molecular formula is C12H12ClF3N2O2. The molecule has 20 heavy (non-hydrogen) atoms. The standard InChI is InChI=1S/C12H12ClF3N2O2/c1-18(2)6-8(11(19)20-3)10-9(13)4-7(5-17-10)12(14,15)16/h4-6H,1-3H3/b8-6-. The van der Waals surface area contributed by atoms with Crippen LogP contribution in [0.25, 0.3) is 5.57 Å². The number of esters is 1. The van der Waals surface area contributed by atoms with Gasteiger partial charge in [0.15, 0.2) is 0 Å². The van der Waals surface area contributed by atoms with Gasteiger partial charge in [-0.15, -0.1) is 0 Å². The van der Waals surface area contributed by atoms with Gasteiger partial charge in [-0.25, -0.2) is 4.79 Å². The lowest BCUT2D eigenvalue weighted by Gasteiger charge is -2.13. The maximum absolute atomic E-state index is 12.5. The van der Waals surface area contributed by atoms with Crippen LogP contribution in [0, 0.1) is 0 Å². The van der Waals surface area contributed by atoms with E-state index in [0.717, 1.165) is 13.2 Å². The first kappa shape index (κ1) is 16.3. The molecule has 0 amide bonds. The number of alkyl halides is 3. The third kappa shape index (κ3) is 3.86. The van der Waals surface area contributed by atoms with Gasteiger partial charge in [0.25, 0.3) is 0 Å². The Bertz CT molecular complexity index is 542. The van der Waals surface area contributed by atoms with Crippen LogP contribution in [0.3, 0.4) is 0 Å². The number of ether oxygens (including phenoxy) is 1. The van der Waals surface area contributed by atoms with E-state index in [2.05, 4.69) is 9.72 Å². The summed E-state index contributed by atoms with van der Waals surface area (Å²) >= 11 is 5.79. The fourth-order valence-electron chi connectivity index (χ4n) is 1.37. The number of carbonyl (C=O) groups is 1. The summed E-state index contributed by atoms with van der Waals surface area (Å²) in [6.07, 6.45) is -2.56. The number of methoxy groups -OCH3 is 1. The second-order valence-electron chi connectivity index (χ2n) is 4.05. The van der Waals surface area contributed by atoms with Gasteiger partial charge < -0.3 is 9.64 Å². The van der Waals surface area contributed by atoms with Crippen molar-refractivity contribution in [2.75, 3.05) is 21.2 Å². The van der Waals surface area contributed by atoms with Crippen molar-refractivity contribution in [3.8, 4) is 0 Å². The van der Waals surface area contributed by atoms with Gasteiger partial charge in [0.05, 0.1) is 23.4 Å². The predicted molar refractivity (Wildman–Crippen MR) is 67.9 cm³/mol. The zero-order chi connectivity index (χ0) is 15.5. The molecule has 0 aliphatic rings. The quantitative estimate of drug-likeness (QED) is 0.636. The molecule has 0 radical (unpaired) electrons. The number of hydrogen-bond donors (Lipinski definition) is 0. The Kier molecular flexibility index (Phi) is 4.99. The molecule has 0 aliphatic carbocycles. The summed E-state index contributed by atoms with van der Waals surface area (Å²) in [7, 11) is 4.44. The van der Waals surface area contributed by atoms with Gasteiger partial charge in [-0.05, 0) is 6.07 Å². The third-order valence-corrected chi connectivity index (χ3v) is 2.50. The lowest BCUT2D eigenvalue weighted by Crippen LogP contribution is -2.13. The van der Waals surface area contributed by atoms with Gasteiger partial charge in [0, 0.05) is 26.5 Å². The van der Waals surface area contributed by atoms with Gasteiger partial charge in [-0.3, -0.25) is 4.98 Å². The van der Waals surface area contributed by atoms with E-state index < -0.39 is 17.7 Å². The Morgan fingerprint density at radius 1 is 1.45 bits per heavy atom. The minimum absolute atomic E-state index is 0.0313. The normalized spacial score (nSPS) is 12.2. The van der Waals surface area contributed by atoms with Gasteiger partial charge in [-0.1, -0.05) is 11.6 Å². The Balaban J connectivity index is 3.33. The molecule has 0 saturated carbocycles. The molecule has 110 valence electrons. The van der Waals surface area contributed by atoms with Crippen molar-refractivity contribution in [3.05, 3.63) is 34.7 Å². The lowest BCUT2D eigenvalue weighted by atomic mass is 10.1. The highest BCUT2D eigenvalue weighted by Gasteiger charge is 2.32. The molecule has 0 N–H and O–H groups in total. The van der Waals surface area contributed by atoms with E-state index in [1.54, 1.807) is 14.1 Å².